The summed E-state index contributed by atoms with van der Waals surface area (Å²) in [7, 11) is 0. The topological polar surface area (TPSA) is 137 Å². The Bertz CT molecular complexity index is 1210. The van der Waals surface area contributed by atoms with Gasteiger partial charge < -0.3 is 35.0 Å². The Hall–Kier alpha value is -0.870. The quantitative estimate of drug-likeness (QED) is 0.225. The van der Waals surface area contributed by atoms with Crippen LogP contribution in [0.5, 0.6) is 0 Å². The summed E-state index contributed by atoms with van der Waals surface area (Å²) in [5, 5.41) is 53.1. The van der Waals surface area contributed by atoms with Gasteiger partial charge in [0.1, 0.15) is 30.2 Å². The first-order valence-corrected chi connectivity index (χ1v) is 17.7. The van der Waals surface area contributed by atoms with Crippen molar-refractivity contribution in [3.8, 4) is 0 Å². The van der Waals surface area contributed by atoms with Gasteiger partial charge in [-0.15, -0.1) is 0 Å². The van der Waals surface area contributed by atoms with Gasteiger partial charge in [-0.2, -0.15) is 0 Å². The van der Waals surface area contributed by atoms with Crippen molar-refractivity contribution in [2.45, 2.75) is 156 Å². The molecule has 8 heteroatoms. The zero-order chi connectivity index (χ0) is 33.1. The van der Waals surface area contributed by atoms with Crippen LogP contribution in [-0.4, -0.2) is 80.8 Å². The molecule has 6 aliphatic rings. The van der Waals surface area contributed by atoms with Gasteiger partial charge in [-0.25, -0.2) is 0 Å². The van der Waals surface area contributed by atoms with Gasteiger partial charge in [-0.1, -0.05) is 60.1 Å². The van der Waals surface area contributed by atoms with Crippen molar-refractivity contribution in [1.82, 2.24) is 0 Å². The number of ether oxygens (including phenoxy) is 2. The third-order valence-corrected chi connectivity index (χ3v) is 15.4. The lowest BCUT2D eigenvalue weighted by Gasteiger charge is -2.72. The molecule has 8 nitrogen and oxygen atoms in total. The van der Waals surface area contributed by atoms with Crippen molar-refractivity contribution in [2.75, 3.05) is 6.61 Å². The molecule has 0 amide bonds. The number of carbonyl (C=O) groups is 1. The number of aliphatic hydroxyl groups excluding tert-OH is 5. The molecule has 1 heterocycles. The van der Waals surface area contributed by atoms with E-state index in [1.807, 2.05) is 0 Å². The maximum absolute atomic E-state index is 13.4. The lowest BCUT2D eigenvalue weighted by atomic mass is 9.33. The van der Waals surface area contributed by atoms with Gasteiger partial charge in [0.25, 0.3) is 0 Å². The molecule has 4 saturated carbocycles. The number of carbonyl (C=O) groups excluding carboxylic acids is 1. The summed E-state index contributed by atoms with van der Waals surface area (Å²) in [5.74, 6) is 0.970. The standard InChI is InChI=1S/C37H60O8/c1-20(39)37-16-15-32(2,3)17-22(37)21-9-10-25-34(6)13-12-27(45-31-30(43)29(42)28(41)23(19-38)44-31)33(4,5)24(34)11-14-35(25,7)36(21,8)18-26(37)40/h9,22-31,38,40-43H,10-19H2,1-8H3/t22?,23-,24?,25?,26-,27+,28-,29+,30-,31+,34+,35-,36-,37-/m1/s1. The van der Waals surface area contributed by atoms with E-state index in [9.17, 15) is 30.3 Å². The van der Waals surface area contributed by atoms with Crippen LogP contribution in [0.1, 0.15) is 113 Å². The summed E-state index contributed by atoms with van der Waals surface area (Å²) in [6.45, 7) is 17.8. The Morgan fingerprint density at radius 1 is 0.889 bits per heavy atom. The highest BCUT2D eigenvalue weighted by Gasteiger charge is 2.70. The normalized spacial score (nSPS) is 53.7. The van der Waals surface area contributed by atoms with Crippen molar-refractivity contribution >= 4 is 5.78 Å². The van der Waals surface area contributed by atoms with Crippen LogP contribution in [-0.2, 0) is 14.3 Å². The molecular formula is C37H60O8. The van der Waals surface area contributed by atoms with Crippen LogP contribution < -0.4 is 0 Å². The number of Topliss-reactive ketones (excluding diaryl/α,β-unsaturated/α-hetero) is 1. The summed E-state index contributed by atoms with van der Waals surface area (Å²) in [6, 6.07) is 0. The number of fused-ring (bicyclic) bond motifs is 7. The van der Waals surface area contributed by atoms with Crippen LogP contribution in [0.3, 0.4) is 0 Å². The van der Waals surface area contributed by atoms with Crippen LogP contribution in [0, 0.1) is 50.2 Å². The molecule has 0 radical (unpaired) electrons. The van der Waals surface area contributed by atoms with Crippen molar-refractivity contribution in [1.29, 1.82) is 0 Å². The second-order valence-corrected chi connectivity index (χ2v) is 18.2. The first-order chi connectivity index (χ1) is 20.8. The van der Waals surface area contributed by atoms with Crippen LogP contribution >= 0.6 is 0 Å². The smallest absolute Gasteiger partial charge is 0.186 e. The first kappa shape index (κ1) is 34.0. The predicted molar refractivity (Wildman–Crippen MR) is 170 cm³/mol. The summed E-state index contributed by atoms with van der Waals surface area (Å²) in [6.07, 6.45) is 3.26. The Balaban J connectivity index is 1.31. The summed E-state index contributed by atoms with van der Waals surface area (Å²) >= 11 is 0. The summed E-state index contributed by atoms with van der Waals surface area (Å²) in [5.41, 5.74) is 0.420. The number of rotatable bonds is 4. The molecule has 5 N–H and O–H groups in total. The monoisotopic (exact) mass is 632 g/mol. The van der Waals surface area contributed by atoms with Crippen molar-refractivity contribution in [3.63, 3.8) is 0 Å². The van der Waals surface area contributed by atoms with E-state index in [1.54, 1.807) is 6.92 Å². The highest BCUT2D eigenvalue weighted by atomic mass is 16.7. The van der Waals surface area contributed by atoms with Gasteiger partial charge in [0.05, 0.1) is 24.2 Å². The van der Waals surface area contributed by atoms with E-state index in [1.165, 1.54) is 5.57 Å². The lowest BCUT2D eigenvalue weighted by Crippen LogP contribution is -2.67. The maximum Gasteiger partial charge on any atom is 0.186 e. The summed E-state index contributed by atoms with van der Waals surface area (Å²) in [4.78, 5) is 13.4. The lowest BCUT2D eigenvalue weighted by molar-refractivity contribution is -0.330. The molecule has 1 aliphatic heterocycles. The number of aliphatic hydroxyl groups is 5. The Kier molecular flexibility index (Phi) is 8.17. The highest BCUT2D eigenvalue weighted by Crippen LogP contribution is 2.76. The SMILES string of the molecule is CC(=O)[C@]12CCC(C)(C)CC1C1=CCC3[C@@]4(C)CC[C@H](O[C@@H]5O[C@H](CO)[C@@H](O)[C@H](O)[C@H]5O)C(C)(C)C4CC[C@@]3(C)[C@]1(C)C[C@H]2O. The predicted octanol–water partition coefficient (Wildman–Crippen LogP) is 4.53. The molecule has 0 aromatic rings. The molecular weight excluding hydrogens is 572 g/mol. The van der Waals surface area contributed by atoms with Gasteiger partial charge in [-0.05, 0) is 110 Å². The molecule has 6 rings (SSSR count). The van der Waals surface area contributed by atoms with Gasteiger partial charge >= 0.3 is 0 Å². The van der Waals surface area contributed by atoms with E-state index in [2.05, 4.69) is 54.5 Å². The number of allylic oxidation sites excluding steroid dienone is 2. The fraction of sp³-hybridized carbons (Fsp3) is 0.919. The third-order valence-electron chi connectivity index (χ3n) is 15.4. The fourth-order valence-electron chi connectivity index (χ4n) is 12.5. The Morgan fingerprint density at radius 3 is 2.22 bits per heavy atom. The zero-order valence-electron chi connectivity index (χ0n) is 28.9. The zero-order valence-corrected chi connectivity index (χ0v) is 28.9. The molecule has 1 saturated heterocycles. The molecule has 0 spiro atoms. The second-order valence-electron chi connectivity index (χ2n) is 18.2. The molecule has 0 aromatic heterocycles. The van der Waals surface area contributed by atoms with E-state index in [4.69, 9.17) is 9.47 Å². The molecule has 256 valence electrons. The highest BCUT2D eigenvalue weighted by molar-refractivity contribution is 5.84. The third kappa shape index (κ3) is 4.59. The van der Waals surface area contributed by atoms with Crippen molar-refractivity contribution < 1.29 is 39.8 Å². The van der Waals surface area contributed by atoms with Crippen LogP contribution in [0.4, 0.5) is 0 Å². The molecule has 5 fully saturated rings. The molecule has 5 aliphatic carbocycles. The minimum atomic E-state index is -1.46. The Morgan fingerprint density at radius 2 is 1.58 bits per heavy atom. The van der Waals surface area contributed by atoms with Gasteiger partial charge in [0.2, 0.25) is 0 Å². The van der Waals surface area contributed by atoms with Gasteiger partial charge in [-0.3, -0.25) is 4.79 Å². The van der Waals surface area contributed by atoms with Crippen molar-refractivity contribution in [3.05, 3.63) is 11.6 Å². The molecule has 14 atom stereocenters. The molecule has 0 bridgehead atoms. The van der Waals surface area contributed by atoms with Crippen molar-refractivity contribution in [2.24, 2.45) is 50.2 Å². The second kappa shape index (κ2) is 10.8. The average molecular weight is 633 g/mol. The minimum absolute atomic E-state index is 0.0165. The Labute approximate surface area is 270 Å². The first-order valence-electron chi connectivity index (χ1n) is 17.7. The van der Waals surface area contributed by atoms with Crippen LogP contribution in [0.15, 0.2) is 11.6 Å². The maximum atomic E-state index is 13.4. The van der Waals surface area contributed by atoms with Gasteiger partial charge in [0, 0.05) is 0 Å². The van der Waals surface area contributed by atoms with E-state index >= 15 is 0 Å². The van der Waals surface area contributed by atoms with E-state index in [0.29, 0.717) is 18.3 Å². The van der Waals surface area contributed by atoms with Gasteiger partial charge in [0.15, 0.2) is 6.29 Å². The number of hydrogen-bond donors (Lipinski definition) is 5. The average Bonchev–Trinajstić information content (AvgIpc) is 2.94. The number of ketones is 1. The van der Waals surface area contributed by atoms with E-state index < -0.39 is 48.8 Å². The molecule has 45 heavy (non-hydrogen) atoms. The van der Waals surface area contributed by atoms with E-state index in [-0.39, 0.29) is 44.9 Å². The summed E-state index contributed by atoms with van der Waals surface area (Å²) < 4.78 is 12.2. The van der Waals surface area contributed by atoms with E-state index in [0.717, 1.165) is 51.4 Å². The molecule has 3 unspecified atom stereocenters. The fourth-order valence-corrected chi connectivity index (χ4v) is 12.5. The molecule has 0 aromatic carbocycles. The minimum Gasteiger partial charge on any atom is -0.394 e. The number of hydrogen-bond acceptors (Lipinski definition) is 8. The van der Waals surface area contributed by atoms with Crippen LogP contribution in [0.2, 0.25) is 0 Å². The largest absolute Gasteiger partial charge is 0.394 e. The van der Waals surface area contributed by atoms with Crippen LogP contribution in [0.25, 0.3) is 0 Å².